The fourth-order valence-electron chi connectivity index (χ4n) is 3.82. The van der Waals surface area contributed by atoms with Gasteiger partial charge in [0.05, 0.1) is 18.0 Å². The first-order chi connectivity index (χ1) is 20.2. The van der Waals surface area contributed by atoms with Crippen molar-refractivity contribution in [1.29, 1.82) is 0 Å². The molecule has 0 fully saturated rings. The quantitative estimate of drug-likeness (QED) is 0.135. The molecule has 0 bridgehead atoms. The molecular weight excluding hydrogens is 580 g/mol. The average Bonchev–Trinajstić information content (AvgIpc) is 3.39. The van der Waals surface area contributed by atoms with E-state index in [4.69, 9.17) is 30.6 Å². The van der Waals surface area contributed by atoms with E-state index in [1.165, 1.54) is 10.7 Å². The van der Waals surface area contributed by atoms with Crippen LogP contribution in [0.5, 0.6) is 17.2 Å². The Morgan fingerprint density at radius 3 is 2.60 bits per heavy atom. The highest BCUT2D eigenvalue weighted by Crippen LogP contribution is 2.32. The second-order valence-corrected chi connectivity index (χ2v) is 10.3. The standard InChI is InChI=1S/C28H32N6O6S2/c1-5-37-13-14-38-25-12-10-21(29-27(35)20(4)39-24-11-9-18(2)15-19(24)3)17-26(25)40-42(36)31-22-7-6-8-23(16-22)34-28(41)30-32-33-34/h6-12,15-17,20,31H,5,13-14H2,1-4H3,(H,29,35)(H,30,33,41). The molecule has 2 unspecified atom stereocenters. The molecule has 4 rings (SSSR count). The minimum absolute atomic E-state index is 0.147. The molecule has 0 saturated carbocycles. The zero-order valence-corrected chi connectivity index (χ0v) is 25.2. The molecule has 0 aliphatic heterocycles. The lowest BCUT2D eigenvalue weighted by Crippen LogP contribution is -2.30. The van der Waals surface area contributed by atoms with Crippen molar-refractivity contribution in [3.8, 4) is 22.9 Å². The maximum atomic E-state index is 13.0. The highest BCUT2D eigenvalue weighted by Gasteiger charge is 2.18. The van der Waals surface area contributed by atoms with E-state index >= 15 is 0 Å². The highest BCUT2D eigenvalue weighted by molar-refractivity contribution is 7.82. The molecule has 3 N–H and O–H groups in total. The Morgan fingerprint density at radius 2 is 1.86 bits per heavy atom. The van der Waals surface area contributed by atoms with Crippen LogP contribution in [0, 0.1) is 18.6 Å². The number of amides is 1. The van der Waals surface area contributed by atoms with E-state index in [0.29, 0.717) is 41.8 Å². The molecule has 42 heavy (non-hydrogen) atoms. The van der Waals surface area contributed by atoms with Gasteiger partial charge in [0, 0.05) is 18.4 Å². The van der Waals surface area contributed by atoms with Gasteiger partial charge in [-0.15, -0.1) is 0 Å². The number of carbonyl (C=O) groups excluding carboxylic acids is 1. The van der Waals surface area contributed by atoms with Crippen LogP contribution in [-0.4, -0.2) is 56.2 Å². The van der Waals surface area contributed by atoms with Gasteiger partial charge in [-0.25, -0.2) is 4.68 Å². The predicted molar refractivity (Wildman–Crippen MR) is 162 cm³/mol. The molecule has 222 valence electrons. The Bertz CT molecular complexity index is 1610. The van der Waals surface area contributed by atoms with Crippen LogP contribution in [0.4, 0.5) is 11.4 Å². The zero-order valence-electron chi connectivity index (χ0n) is 23.6. The molecule has 0 aliphatic carbocycles. The number of anilines is 2. The lowest BCUT2D eigenvalue weighted by molar-refractivity contribution is -0.122. The number of aryl methyl sites for hydroxylation is 2. The Balaban J connectivity index is 1.47. The summed E-state index contributed by atoms with van der Waals surface area (Å²) < 4.78 is 40.3. The molecule has 3 aromatic carbocycles. The van der Waals surface area contributed by atoms with Crippen LogP contribution in [0.1, 0.15) is 25.0 Å². The summed E-state index contributed by atoms with van der Waals surface area (Å²) in [7, 11) is 0. The van der Waals surface area contributed by atoms with Crippen LogP contribution >= 0.6 is 12.2 Å². The van der Waals surface area contributed by atoms with Crippen molar-refractivity contribution in [2.75, 3.05) is 29.9 Å². The topological polar surface area (TPSA) is 142 Å². The van der Waals surface area contributed by atoms with E-state index in [1.807, 2.05) is 39.0 Å². The SMILES string of the molecule is CCOCCOc1ccc(NC(=O)C(C)Oc2ccc(C)cc2C)cc1OS(=O)Nc1cccc(-n2[nH]nnc2=S)c1. The molecule has 0 radical (unpaired) electrons. The number of aromatic amines is 1. The first-order valence-electron chi connectivity index (χ1n) is 13.1. The van der Waals surface area contributed by atoms with Gasteiger partial charge in [0.2, 0.25) is 4.77 Å². The van der Waals surface area contributed by atoms with Gasteiger partial charge in [-0.05, 0) is 81.9 Å². The van der Waals surface area contributed by atoms with Gasteiger partial charge in [-0.3, -0.25) is 9.52 Å². The number of carbonyl (C=O) groups is 1. The number of nitrogens with zero attached hydrogens (tertiary/aromatic N) is 3. The summed E-state index contributed by atoms with van der Waals surface area (Å²) in [5.41, 5.74) is 3.57. The van der Waals surface area contributed by atoms with Crippen molar-refractivity contribution < 1.29 is 27.4 Å². The number of tetrazole rings is 1. The smallest absolute Gasteiger partial charge is 0.316 e. The summed E-state index contributed by atoms with van der Waals surface area (Å²) in [5, 5.41) is 12.9. The second-order valence-electron chi connectivity index (χ2n) is 9.11. The fraction of sp³-hybridized carbons (Fsp3) is 0.286. The van der Waals surface area contributed by atoms with Crippen molar-refractivity contribution in [2.24, 2.45) is 0 Å². The lowest BCUT2D eigenvalue weighted by atomic mass is 10.1. The normalized spacial score (nSPS) is 12.3. The number of H-pyrrole nitrogens is 1. The van der Waals surface area contributed by atoms with Crippen molar-refractivity contribution in [2.45, 2.75) is 33.8 Å². The summed E-state index contributed by atoms with van der Waals surface area (Å²) >= 11 is 3.11. The van der Waals surface area contributed by atoms with Crippen molar-refractivity contribution >= 4 is 40.8 Å². The monoisotopic (exact) mass is 612 g/mol. The number of hydrogen-bond donors (Lipinski definition) is 3. The number of aromatic nitrogens is 4. The summed E-state index contributed by atoms with van der Waals surface area (Å²) in [5.74, 6) is 0.733. The number of ether oxygens (including phenoxy) is 3. The number of nitrogens with one attached hydrogen (secondary N) is 3. The molecule has 4 aromatic rings. The summed E-state index contributed by atoms with van der Waals surface area (Å²) in [6, 6.07) is 17.5. The van der Waals surface area contributed by atoms with E-state index in [9.17, 15) is 9.00 Å². The van der Waals surface area contributed by atoms with Gasteiger partial charge in [0.25, 0.3) is 5.91 Å². The zero-order chi connectivity index (χ0) is 30.1. The largest absolute Gasteiger partial charge is 0.487 e. The maximum Gasteiger partial charge on any atom is 0.316 e. The summed E-state index contributed by atoms with van der Waals surface area (Å²) in [6.07, 6.45) is -0.778. The van der Waals surface area contributed by atoms with Crippen LogP contribution < -0.4 is 23.7 Å². The molecule has 0 saturated heterocycles. The minimum Gasteiger partial charge on any atom is -0.487 e. The lowest BCUT2D eigenvalue weighted by Gasteiger charge is -2.18. The Hall–Kier alpha value is -4.27. The Morgan fingerprint density at radius 1 is 1.05 bits per heavy atom. The summed E-state index contributed by atoms with van der Waals surface area (Å²) in [4.78, 5) is 12.9. The minimum atomic E-state index is -2.04. The molecule has 1 aromatic heterocycles. The molecule has 12 nitrogen and oxygen atoms in total. The molecule has 2 atom stereocenters. The summed E-state index contributed by atoms with van der Waals surface area (Å²) in [6.45, 7) is 8.63. The number of hydrogen-bond acceptors (Lipinski definition) is 9. The van der Waals surface area contributed by atoms with E-state index in [2.05, 4.69) is 25.6 Å². The highest BCUT2D eigenvalue weighted by atomic mass is 32.2. The molecular formula is C28H32N6O6S2. The average molecular weight is 613 g/mol. The van der Waals surface area contributed by atoms with E-state index in [-0.39, 0.29) is 23.0 Å². The van der Waals surface area contributed by atoms with E-state index in [1.54, 1.807) is 43.3 Å². The third kappa shape index (κ3) is 8.38. The predicted octanol–water partition coefficient (Wildman–Crippen LogP) is 4.83. The molecule has 1 heterocycles. The van der Waals surface area contributed by atoms with Crippen LogP contribution in [0.15, 0.2) is 60.7 Å². The van der Waals surface area contributed by atoms with Gasteiger partial charge in [-0.2, -0.15) is 9.42 Å². The van der Waals surface area contributed by atoms with Crippen LogP contribution in [-0.2, 0) is 20.8 Å². The van der Waals surface area contributed by atoms with Crippen molar-refractivity contribution in [3.63, 3.8) is 0 Å². The van der Waals surface area contributed by atoms with Crippen molar-refractivity contribution in [3.05, 3.63) is 76.6 Å². The Labute approximate surface area is 251 Å². The van der Waals surface area contributed by atoms with E-state index < -0.39 is 17.4 Å². The van der Waals surface area contributed by atoms with Crippen LogP contribution in [0.25, 0.3) is 5.69 Å². The van der Waals surface area contributed by atoms with Gasteiger partial charge < -0.3 is 23.7 Å². The molecule has 1 amide bonds. The molecule has 14 heteroatoms. The van der Waals surface area contributed by atoms with Gasteiger partial charge in [0.1, 0.15) is 12.4 Å². The maximum absolute atomic E-state index is 13.0. The third-order valence-electron chi connectivity index (χ3n) is 5.85. The van der Waals surface area contributed by atoms with Crippen LogP contribution in [0.2, 0.25) is 0 Å². The third-order valence-corrected chi connectivity index (χ3v) is 6.84. The van der Waals surface area contributed by atoms with E-state index in [0.717, 1.165) is 11.1 Å². The first-order valence-corrected chi connectivity index (χ1v) is 14.6. The van der Waals surface area contributed by atoms with Gasteiger partial charge >= 0.3 is 11.3 Å². The number of benzene rings is 3. The fourth-order valence-corrected chi connectivity index (χ4v) is 4.66. The van der Waals surface area contributed by atoms with Crippen molar-refractivity contribution in [1.82, 2.24) is 20.2 Å². The first kappa shape index (κ1) is 30.7. The molecule has 0 aliphatic rings. The van der Waals surface area contributed by atoms with Crippen LogP contribution in [0.3, 0.4) is 0 Å². The Kier molecular flexibility index (Phi) is 10.6. The van der Waals surface area contributed by atoms with Gasteiger partial charge in [-0.1, -0.05) is 34.1 Å². The molecule has 0 spiro atoms. The number of rotatable bonds is 14. The van der Waals surface area contributed by atoms with Gasteiger partial charge in [0.15, 0.2) is 17.6 Å². The second kappa shape index (κ2) is 14.6.